The molecule has 0 aliphatic heterocycles. The summed E-state index contributed by atoms with van der Waals surface area (Å²) in [6.45, 7) is 2.82. The van der Waals surface area contributed by atoms with Crippen LogP contribution >= 0.6 is 0 Å². The summed E-state index contributed by atoms with van der Waals surface area (Å²) in [7, 11) is 0. The van der Waals surface area contributed by atoms with E-state index in [2.05, 4.69) is 0 Å². The summed E-state index contributed by atoms with van der Waals surface area (Å²) < 4.78 is 12.2. The third-order valence-corrected chi connectivity index (χ3v) is 1.70. The monoisotopic (exact) mass is 166 g/mol. The lowest BCUT2D eigenvalue weighted by atomic mass is 10.0. The van der Waals surface area contributed by atoms with Crippen LogP contribution < -0.4 is 0 Å². The van der Waals surface area contributed by atoms with Crippen LogP contribution in [0.2, 0.25) is 0 Å². The molecule has 0 unspecified atom stereocenters. The van der Waals surface area contributed by atoms with Crippen LogP contribution in [-0.4, -0.2) is 5.78 Å². The van der Waals surface area contributed by atoms with Crippen molar-refractivity contribution in [3.63, 3.8) is 0 Å². The molecule has 2 heteroatoms. The van der Waals surface area contributed by atoms with Gasteiger partial charge in [0.25, 0.3) is 0 Å². The van der Waals surface area contributed by atoms with Crippen molar-refractivity contribution in [1.82, 2.24) is 0 Å². The molecular weight excluding hydrogens is 155 g/mol. The molecule has 0 heterocycles. The second-order valence-corrected chi connectivity index (χ2v) is 2.90. The van der Waals surface area contributed by atoms with Gasteiger partial charge in [0.05, 0.1) is 0 Å². The molecule has 0 fully saturated rings. The van der Waals surface area contributed by atoms with Crippen molar-refractivity contribution in [1.29, 1.82) is 0 Å². The summed E-state index contributed by atoms with van der Waals surface area (Å²) in [6.07, 6.45) is 0. The van der Waals surface area contributed by atoms with E-state index in [0.717, 1.165) is 5.56 Å². The average Bonchev–Trinajstić information content (AvgIpc) is 2.03. The Balaban J connectivity index is 3.15. The first kappa shape index (κ1) is 8.91. The van der Waals surface area contributed by atoms with Crippen LogP contribution in [0.1, 0.15) is 28.4 Å². The van der Waals surface area contributed by atoms with Crippen molar-refractivity contribution in [2.45, 2.75) is 20.5 Å². The quantitative estimate of drug-likeness (QED) is 0.617. The van der Waals surface area contributed by atoms with Gasteiger partial charge >= 0.3 is 0 Å². The molecule has 0 aliphatic carbocycles. The summed E-state index contributed by atoms with van der Waals surface area (Å²) in [5.41, 5.74) is 2.08. The number of alkyl halides is 1. The fourth-order valence-corrected chi connectivity index (χ4v) is 1.14. The zero-order valence-electron chi connectivity index (χ0n) is 7.23. The fourth-order valence-electron chi connectivity index (χ4n) is 1.14. The fraction of sp³-hybridized carbons (Fsp3) is 0.300. The minimum Gasteiger partial charge on any atom is -0.295 e. The maximum absolute atomic E-state index is 12.2. The normalized spacial score (nSPS) is 9.92. The summed E-state index contributed by atoms with van der Waals surface area (Å²) in [6, 6.07) is 5.10. The molecule has 1 aromatic rings. The van der Waals surface area contributed by atoms with Crippen molar-refractivity contribution in [2.75, 3.05) is 0 Å². The number of hydrogen-bond donors (Lipinski definition) is 0. The van der Waals surface area contributed by atoms with E-state index in [1.807, 2.05) is 6.92 Å². The van der Waals surface area contributed by atoms with E-state index in [-0.39, 0.29) is 5.78 Å². The Morgan fingerprint density at radius 2 is 2.08 bits per heavy atom. The molecule has 1 aromatic carbocycles. The van der Waals surface area contributed by atoms with Gasteiger partial charge in [-0.25, -0.2) is 4.39 Å². The van der Waals surface area contributed by atoms with Crippen LogP contribution in [0.4, 0.5) is 4.39 Å². The van der Waals surface area contributed by atoms with Crippen molar-refractivity contribution in [3.8, 4) is 0 Å². The third-order valence-electron chi connectivity index (χ3n) is 1.70. The number of benzene rings is 1. The van der Waals surface area contributed by atoms with Crippen LogP contribution in [0.25, 0.3) is 0 Å². The van der Waals surface area contributed by atoms with Crippen molar-refractivity contribution >= 4 is 5.78 Å². The topological polar surface area (TPSA) is 17.1 Å². The Labute approximate surface area is 71.2 Å². The van der Waals surface area contributed by atoms with Gasteiger partial charge in [-0.1, -0.05) is 11.6 Å². The van der Waals surface area contributed by atoms with Gasteiger partial charge in [0.15, 0.2) is 5.78 Å². The maximum atomic E-state index is 12.2. The summed E-state index contributed by atoms with van der Waals surface area (Å²) in [5.74, 6) is -0.0200. The van der Waals surface area contributed by atoms with Gasteiger partial charge in [0, 0.05) is 5.56 Å². The number of rotatable bonds is 2. The van der Waals surface area contributed by atoms with Gasteiger partial charge in [-0.3, -0.25) is 4.79 Å². The number of Topliss-reactive ketones (excluding diaryl/α,β-unsaturated/α-hetero) is 1. The lowest BCUT2D eigenvalue weighted by molar-refractivity contribution is 0.101. The van der Waals surface area contributed by atoms with Crippen LogP contribution in [-0.2, 0) is 6.67 Å². The lowest BCUT2D eigenvalue weighted by Crippen LogP contribution is -1.94. The second-order valence-electron chi connectivity index (χ2n) is 2.90. The average molecular weight is 166 g/mol. The predicted octanol–water partition coefficient (Wildman–Crippen LogP) is 2.67. The molecule has 1 rings (SSSR count). The van der Waals surface area contributed by atoms with Crippen molar-refractivity contribution < 1.29 is 9.18 Å². The molecule has 0 saturated heterocycles. The molecule has 0 bridgehead atoms. The molecule has 0 amide bonds. The predicted molar refractivity (Wildman–Crippen MR) is 46.0 cm³/mol. The number of hydrogen-bond acceptors (Lipinski definition) is 1. The molecule has 64 valence electrons. The highest BCUT2D eigenvalue weighted by atomic mass is 19.1. The maximum Gasteiger partial charge on any atom is 0.159 e. The van der Waals surface area contributed by atoms with E-state index < -0.39 is 6.67 Å². The first-order valence-corrected chi connectivity index (χ1v) is 3.81. The highest BCUT2D eigenvalue weighted by Gasteiger charge is 2.01. The van der Waals surface area contributed by atoms with Crippen LogP contribution in [0.15, 0.2) is 18.2 Å². The molecule has 0 aromatic heterocycles. The van der Waals surface area contributed by atoms with Gasteiger partial charge < -0.3 is 0 Å². The third kappa shape index (κ3) is 1.91. The standard InChI is InChI=1S/C10H11FO/c1-7-3-9(6-11)5-10(4-7)8(2)12/h3-5H,6H2,1-2H3. The second kappa shape index (κ2) is 3.48. The van der Waals surface area contributed by atoms with E-state index in [1.165, 1.54) is 6.92 Å². The summed E-state index contributed by atoms with van der Waals surface area (Å²) in [4.78, 5) is 10.9. The molecule has 0 spiro atoms. The Morgan fingerprint density at radius 1 is 1.42 bits per heavy atom. The molecule has 0 aliphatic rings. The van der Waals surface area contributed by atoms with Crippen molar-refractivity contribution in [3.05, 3.63) is 34.9 Å². The van der Waals surface area contributed by atoms with Crippen LogP contribution in [0.5, 0.6) is 0 Å². The van der Waals surface area contributed by atoms with Gasteiger partial charge in [-0.2, -0.15) is 0 Å². The molecule has 0 N–H and O–H groups in total. The first-order chi connectivity index (χ1) is 5.63. The van der Waals surface area contributed by atoms with Gasteiger partial charge in [0.1, 0.15) is 6.67 Å². The molecule has 0 atom stereocenters. The van der Waals surface area contributed by atoms with E-state index >= 15 is 0 Å². The van der Waals surface area contributed by atoms with Crippen molar-refractivity contribution in [2.24, 2.45) is 0 Å². The highest BCUT2D eigenvalue weighted by Crippen LogP contribution is 2.11. The Kier molecular flexibility index (Phi) is 2.58. The van der Waals surface area contributed by atoms with E-state index in [0.29, 0.717) is 11.1 Å². The molecule has 0 radical (unpaired) electrons. The van der Waals surface area contributed by atoms with Crippen LogP contribution in [0, 0.1) is 6.92 Å². The van der Waals surface area contributed by atoms with Gasteiger partial charge in [-0.15, -0.1) is 0 Å². The SMILES string of the molecule is CC(=O)c1cc(C)cc(CF)c1. The number of carbonyl (C=O) groups is 1. The first-order valence-electron chi connectivity index (χ1n) is 3.81. The van der Waals surface area contributed by atoms with E-state index in [9.17, 15) is 9.18 Å². The molecular formula is C10H11FO. The van der Waals surface area contributed by atoms with E-state index in [4.69, 9.17) is 0 Å². The lowest BCUT2D eigenvalue weighted by Gasteiger charge is -2.01. The Morgan fingerprint density at radius 3 is 2.58 bits per heavy atom. The molecule has 1 nitrogen and oxygen atoms in total. The van der Waals surface area contributed by atoms with Crippen LogP contribution in [0.3, 0.4) is 0 Å². The summed E-state index contributed by atoms with van der Waals surface area (Å²) >= 11 is 0. The smallest absolute Gasteiger partial charge is 0.159 e. The van der Waals surface area contributed by atoms with E-state index in [1.54, 1.807) is 18.2 Å². The Bertz CT molecular complexity index is 305. The Hall–Kier alpha value is -1.18. The van der Waals surface area contributed by atoms with Gasteiger partial charge in [0.2, 0.25) is 0 Å². The highest BCUT2D eigenvalue weighted by molar-refractivity contribution is 5.94. The number of ketones is 1. The molecule has 0 saturated carbocycles. The number of carbonyl (C=O) groups excluding carboxylic acids is 1. The minimum absolute atomic E-state index is 0.0200. The van der Waals surface area contributed by atoms with Gasteiger partial charge in [-0.05, 0) is 31.5 Å². The zero-order chi connectivity index (χ0) is 9.14. The minimum atomic E-state index is -0.512. The zero-order valence-corrected chi connectivity index (χ0v) is 7.23. The summed E-state index contributed by atoms with van der Waals surface area (Å²) in [5, 5.41) is 0. The number of halogens is 1. The largest absolute Gasteiger partial charge is 0.295 e. The molecule has 12 heavy (non-hydrogen) atoms. The number of aryl methyl sites for hydroxylation is 1.